The van der Waals surface area contributed by atoms with Crippen molar-refractivity contribution in [2.75, 3.05) is 19.8 Å². The van der Waals surface area contributed by atoms with Gasteiger partial charge in [-0.2, -0.15) is 0 Å². The lowest BCUT2D eigenvalue weighted by atomic mass is 10.1. The molecule has 2 N–H and O–H groups in total. The molecule has 1 aliphatic carbocycles. The maximum Gasteiger partial charge on any atom is 0.317 e. The first-order valence-corrected chi connectivity index (χ1v) is 7.66. The van der Waals surface area contributed by atoms with Crippen LogP contribution >= 0.6 is 11.6 Å². The summed E-state index contributed by atoms with van der Waals surface area (Å²) in [6.45, 7) is 1.41. The summed E-state index contributed by atoms with van der Waals surface area (Å²) >= 11 is 6.10. The van der Waals surface area contributed by atoms with E-state index in [9.17, 15) is 4.79 Å². The van der Waals surface area contributed by atoms with Crippen LogP contribution in [0.5, 0.6) is 5.75 Å². The number of urea groups is 1. The van der Waals surface area contributed by atoms with E-state index < -0.39 is 0 Å². The monoisotopic (exact) mass is 310 g/mol. The Morgan fingerprint density at radius 3 is 3.00 bits per heavy atom. The zero-order valence-corrected chi connectivity index (χ0v) is 12.5. The van der Waals surface area contributed by atoms with Crippen molar-refractivity contribution in [3.63, 3.8) is 0 Å². The molecule has 2 aliphatic rings. The highest BCUT2D eigenvalue weighted by Gasteiger charge is 2.32. The van der Waals surface area contributed by atoms with E-state index in [4.69, 9.17) is 21.4 Å². The standard InChI is InChI=1S/C15H19ClN2O3/c16-12-7-10-3-6-21-14(10)11(8-12)9-17-15(20)18(4-5-19)13-1-2-13/h7-8,13,19H,1-6,9H2,(H,17,20). The van der Waals surface area contributed by atoms with Crippen molar-refractivity contribution >= 4 is 17.6 Å². The lowest BCUT2D eigenvalue weighted by Crippen LogP contribution is -2.42. The number of aliphatic hydroxyl groups excluding tert-OH is 1. The molecule has 3 rings (SSSR count). The molecule has 0 unspecified atom stereocenters. The summed E-state index contributed by atoms with van der Waals surface area (Å²) < 4.78 is 5.62. The van der Waals surface area contributed by atoms with Gasteiger partial charge in [0.15, 0.2) is 0 Å². The summed E-state index contributed by atoms with van der Waals surface area (Å²) in [5, 5.41) is 12.6. The van der Waals surface area contributed by atoms with Crippen molar-refractivity contribution in [2.45, 2.75) is 31.8 Å². The number of fused-ring (bicyclic) bond motifs is 1. The predicted octanol–water partition coefficient (Wildman–Crippen LogP) is 1.94. The lowest BCUT2D eigenvalue weighted by molar-refractivity contribution is 0.173. The molecule has 0 radical (unpaired) electrons. The smallest absolute Gasteiger partial charge is 0.317 e. The Balaban J connectivity index is 1.66. The highest BCUT2D eigenvalue weighted by atomic mass is 35.5. The zero-order chi connectivity index (χ0) is 14.8. The van der Waals surface area contributed by atoms with Gasteiger partial charge in [-0.05, 0) is 30.5 Å². The number of carbonyl (C=O) groups is 1. The Hall–Kier alpha value is -1.46. The van der Waals surface area contributed by atoms with E-state index in [1.165, 1.54) is 0 Å². The quantitative estimate of drug-likeness (QED) is 0.873. The van der Waals surface area contributed by atoms with E-state index >= 15 is 0 Å². The number of carbonyl (C=O) groups excluding carboxylic acids is 1. The summed E-state index contributed by atoms with van der Waals surface area (Å²) in [5.74, 6) is 0.847. The molecule has 0 bridgehead atoms. The van der Waals surface area contributed by atoms with Crippen molar-refractivity contribution in [2.24, 2.45) is 0 Å². The average Bonchev–Trinajstić information content (AvgIpc) is 3.19. The first-order valence-electron chi connectivity index (χ1n) is 7.28. The third-order valence-electron chi connectivity index (χ3n) is 3.84. The molecule has 1 saturated carbocycles. The van der Waals surface area contributed by atoms with Crippen LogP contribution in [0.3, 0.4) is 0 Å². The van der Waals surface area contributed by atoms with Crippen LogP contribution in [0.2, 0.25) is 5.02 Å². The van der Waals surface area contributed by atoms with E-state index in [0.717, 1.165) is 36.1 Å². The molecule has 1 aromatic carbocycles. The van der Waals surface area contributed by atoms with Crippen LogP contribution in [0.15, 0.2) is 12.1 Å². The molecule has 0 spiro atoms. The number of amides is 2. The first kappa shape index (κ1) is 14.5. The van der Waals surface area contributed by atoms with Crippen molar-refractivity contribution in [1.29, 1.82) is 0 Å². The fourth-order valence-corrected chi connectivity index (χ4v) is 2.96. The molecule has 1 aliphatic heterocycles. The molecule has 1 aromatic rings. The molecular formula is C15H19ClN2O3. The van der Waals surface area contributed by atoms with Gasteiger partial charge in [-0.3, -0.25) is 0 Å². The van der Waals surface area contributed by atoms with Crippen LogP contribution in [0.25, 0.3) is 0 Å². The van der Waals surface area contributed by atoms with Gasteiger partial charge in [0.2, 0.25) is 0 Å². The lowest BCUT2D eigenvalue weighted by Gasteiger charge is -2.22. The van der Waals surface area contributed by atoms with Crippen molar-refractivity contribution in [1.82, 2.24) is 10.2 Å². The molecule has 21 heavy (non-hydrogen) atoms. The Labute approximate surface area is 128 Å². The Morgan fingerprint density at radius 1 is 1.48 bits per heavy atom. The van der Waals surface area contributed by atoms with E-state index in [1.54, 1.807) is 4.90 Å². The number of nitrogens with one attached hydrogen (secondary N) is 1. The highest BCUT2D eigenvalue weighted by Crippen LogP contribution is 2.33. The van der Waals surface area contributed by atoms with E-state index in [1.807, 2.05) is 12.1 Å². The molecule has 2 amide bonds. The Bertz CT molecular complexity index is 546. The molecule has 6 heteroatoms. The van der Waals surface area contributed by atoms with Gasteiger partial charge in [0, 0.05) is 36.1 Å². The second kappa shape index (κ2) is 6.12. The van der Waals surface area contributed by atoms with Gasteiger partial charge in [-0.15, -0.1) is 0 Å². The largest absolute Gasteiger partial charge is 0.493 e. The van der Waals surface area contributed by atoms with Gasteiger partial charge >= 0.3 is 6.03 Å². The maximum absolute atomic E-state index is 12.2. The van der Waals surface area contributed by atoms with Crippen LogP contribution in [0.1, 0.15) is 24.0 Å². The summed E-state index contributed by atoms with van der Waals surface area (Å²) in [5.41, 5.74) is 2.00. The third kappa shape index (κ3) is 3.24. The van der Waals surface area contributed by atoms with E-state index in [0.29, 0.717) is 24.7 Å². The molecule has 5 nitrogen and oxygen atoms in total. The van der Waals surface area contributed by atoms with Crippen molar-refractivity contribution in [3.05, 3.63) is 28.3 Å². The Morgan fingerprint density at radius 2 is 2.29 bits per heavy atom. The molecule has 1 fully saturated rings. The molecule has 0 atom stereocenters. The highest BCUT2D eigenvalue weighted by molar-refractivity contribution is 6.30. The first-order chi connectivity index (χ1) is 10.2. The fourth-order valence-electron chi connectivity index (χ4n) is 2.69. The minimum Gasteiger partial charge on any atom is -0.493 e. The normalized spacial score (nSPS) is 16.3. The summed E-state index contributed by atoms with van der Waals surface area (Å²) in [4.78, 5) is 13.9. The van der Waals surface area contributed by atoms with Gasteiger partial charge in [-0.1, -0.05) is 11.6 Å². The zero-order valence-electron chi connectivity index (χ0n) is 11.8. The second-order valence-corrected chi connectivity index (χ2v) is 5.89. The predicted molar refractivity (Wildman–Crippen MR) is 79.7 cm³/mol. The minimum absolute atomic E-state index is 0.0143. The number of nitrogens with zero attached hydrogens (tertiary/aromatic N) is 1. The van der Waals surface area contributed by atoms with Crippen molar-refractivity contribution in [3.8, 4) is 5.75 Å². The van der Waals surface area contributed by atoms with E-state index in [-0.39, 0.29) is 18.7 Å². The number of hydrogen-bond donors (Lipinski definition) is 2. The minimum atomic E-state index is -0.140. The van der Waals surface area contributed by atoms with Crippen LogP contribution in [0.4, 0.5) is 4.79 Å². The average molecular weight is 311 g/mol. The number of halogens is 1. The molecular weight excluding hydrogens is 292 g/mol. The van der Waals surface area contributed by atoms with Gasteiger partial charge in [0.1, 0.15) is 5.75 Å². The van der Waals surface area contributed by atoms with Crippen molar-refractivity contribution < 1.29 is 14.6 Å². The van der Waals surface area contributed by atoms with Crippen LogP contribution in [-0.4, -0.2) is 41.8 Å². The number of benzene rings is 1. The second-order valence-electron chi connectivity index (χ2n) is 5.46. The summed E-state index contributed by atoms with van der Waals surface area (Å²) in [6, 6.07) is 3.88. The van der Waals surface area contributed by atoms with Gasteiger partial charge in [0.05, 0.1) is 13.2 Å². The maximum atomic E-state index is 12.2. The van der Waals surface area contributed by atoms with Crippen LogP contribution in [0, 0.1) is 0 Å². The molecule has 114 valence electrons. The van der Waals surface area contributed by atoms with Gasteiger partial charge in [0.25, 0.3) is 0 Å². The topological polar surface area (TPSA) is 61.8 Å². The van der Waals surface area contributed by atoms with Crippen LogP contribution < -0.4 is 10.1 Å². The Kier molecular flexibility index (Phi) is 4.22. The number of rotatable bonds is 5. The SMILES string of the molecule is O=C(NCc1cc(Cl)cc2c1OCC2)N(CCO)C1CC1. The molecule has 1 heterocycles. The molecule has 0 aromatic heterocycles. The fraction of sp³-hybridized carbons (Fsp3) is 0.533. The number of hydrogen-bond acceptors (Lipinski definition) is 3. The molecule has 0 saturated heterocycles. The van der Waals surface area contributed by atoms with Crippen LogP contribution in [-0.2, 0) is 13.0 Å². The van der Waals surface area contributed by atoms with Gasteiger partial charge in [-0.25, -0.2) is 4.79 Å². The summed E-state index contributed by atoms with van der Waals surface area (Å²) in [7, 11) is 0. The summed E-state index contributed by atoms with van der Waals surface area (Å²) in [6.07, 6.45) is 2.89. The van der Waals surface area contributed by atoms with E-state index in [2.05, 4.69) is 5.32 Å². The number of aliphatic hydroxyl groups is 1. The third-order valence-corrected chi connectivity index (χ3v) is 4.06. The number of ether oxygens (including phenoxy) is 1. The van der Waals surface area contributed by atoms with Gasteiger partial charge < -0.3 is 20.1 Å².